The van der Waals surface area contributed by atoms with Crippen LogP contribution in [0, 0.1) is 11.6 Å². The van der Waals surface area contributed by atoms with Gasteiger partial charge in [-0.25, -0.2) is 28.4 Å². The predicted octanol–water partition coefficient (Wildman–Crippen LogP) is 2.69. The van der Waals surface area contributed by atoms with Crippen LogP contribution >= 0.6 is 11.6 Å². The van der Waals surface area contributed by atoms with E-state index in [2.05, 4.69) is 20.1 Å². The molecule has 0 aliphatic rings. The lowest BCUT2D eigenvalue weighted by Gasteiger charge is -2.34. The van der Waals surface area contributed by atoms with E-state index < -0.39 is 23.2 Å². The topological polar surface area (TPSA) is 76.7 Å². The molecule has 1 aromatic carbocycles. The first-order valence-electron chi connectivity index (χ1n) is 7.37. The summed E-state index contributed by atoms with van der Waals surface area (Å²) in [5.41, 5.74) is -1.56. The van der Waals surface area contributed by atoms with Crippen LogP contribution in [0.15, 0.2) is 43.4 Å². The molecule has 1 N–H and O–H groups in total. The molecule has 2 atom stereocenters. The van der Waals surface area contributed by atoms with Gasteiger partial charge in [0.25, 0.3) is 0 Å². The quantitative estimate of drug-likeness (QED) is 0.752. The van der Waals surface area contributed by atoms with Crippen molar-refractivity contribution in [2.75, 3.05) is 0 Å². The van der Waals surface area contributed by atoms with Crippen molar-refractivity contribution in [1.29, 1.82) is 0 Å². The van der Waals surface area contributed by atoms with Crippen LogP contribution in [-0.2, 0) is 12.1 Å². The van der Waals surface area contributed by atoms with Crippen molar-refractivity contribution in [3.8, 4) is 0 Å². The van der Waals surface area contributed by atoms with Crippen molar-refractivity contribution >= 4 is 11.6 Å². The first-order valence-corrected chi connectivity index (χ1v) is 7.75. The maximum atomic E-state index is 14.4. The molecule has 0 saturated heterocycles. The van der Waals surface area contributed by atoms with Crippen LogP contribution in [0.1, 0.15) is 24.1 Å². The van der Waals surface area contributed by atoms with Gasteiger partial charge in [-0.15, -0.1) is 0 Å². The predicted molar refractivity (Wildman–Crippen MR) is 85.7 cm³/mol. The fourth-order valence-corrected chi connectivity index (χ4v) is 2.99. The summed E-state index contributed by atoms with van der Waals surface area (Å²) >= 11 is 6.13. The average molecular weight is 366 g/mol. The molecular weight excluding hydrogens is 352 g/mol. The summed E-state index contributed by atoms with van der Waals surface area (Å²) in [7, 11) is 0. The Labute approximate surface area is 147 Å². The molecule has 0 aliphatic carbocycles. The highest BCUT2D eigenvalue weighted by Crippen LogP contribution is 2.40. The lowest BCUT2D eigenvalue weighted by molar-refractivity contribution is -0.0123. The van der Waals surface area contributed by atoms with E-state index in [1.54, 1.807) is 6.92 Å². The van der Waals surface area contributed by atoms with E-state index >= 15 is 0 Å². The van der Waals surface area contributed by atoms with Crippen molar-refractivity contribution in [3.63, 3.8) is 0 Å². The fourth-order valence-electron chi connectivity index (χ4n) is 2.72. The van der Waals surface area contributed by atoms with Crippen LogP contribution < -0.4 is 0 Å². The summed E-state index contributed by atoms with van der Waals surface area (Å²) in [5.74, 6) is -2.36. The summed E-state index contributed by atoms with van der Waals surface area (Å²) in [5, 5.41) is 15.6. The number of aromatic nitrogens is 5. The molecule has 0 fully saturated rings. The standard InChI is InChI=1S/C16H14ClF2N5O/c1-10(15-13(17)5-20-7-22-15)16(25,6-24-9-21-8-23-24)12-3-2-11(18)4-14(12)19/h2-5,7-10,25H,6H2,1H3. The normalized spacial score (nSPS) is 14.9. The number of hydrogen-bond acceptors (Lipinski definition) is 5. The van der Waals surface area contributed by atoms with Gasteiger partial charge in [0.2, 0.25) is 0 Å². The highest BCUT2D eigenvalue weighted by Gasteiger charge is 2.41. The first kappa shape index (κ1) is 17.4. The van der Waals surface area contributed by atoms with E-state index in [1.807, 2.05) is 0 Å². The molecule has 2 unspecified atom stereocenters. The summed E-state index contributed by atoms with van der Waals surface area (Å²) < 4.78 is 29.1. The smallest absolute Gasteiger partial charge is 0.137 e. The molecule has 9 heteroatoms. The van der Waals surface area contributed by atoms with Gasteiger partial charge in [-0.05, 0) is 6.07 Å². The average Bonchev–Trinajstić information content (AvgIpc) is 3.07. The van der Waals surface area contributed by atoms with Gasteiger partial charge < -0.3 is 5.11 Å². The monoisotopic (exact) mass is 365 g/mol. The van der Waals surface area contributed by atoms with Crippen LogP contribution in [0.25, 0.3) is 0 Å². The van der Waals surface area contributed by atoms with Crippen molar-refractivity contribution < 1.29 is 13.9 Å². The molecule has 2 heterocycles. The second kappa shape index (κ2) is 6.81. The lowest BCUT2D eigenvalue weighted by Crippen LogP contribution is -2.38. The van der Waals surface area contributed by atoms with Gasteiger partial charge >= 0.3 is 0 Å². The van der Waals surface area contributed by atoms with E-state index in [9.17, 15) is 13.9 Å². The van der Waals surface area contributed by atoms with Crippen molar-refractivity contribution in [2.24, 2.45) is 0 Å². The van der Waals surface area contributed by atoms with Crippen LogP contribution in [0.3, 0.4) is 0 Å². The fraction of sp³-hybridized carbons (Fsp3) is 0.250. The van der Waals surface area contributed by atoms with E-state index in [4.69, 9.17) is 11.6 Å². The number of halogens is 3. The Morgan fingerprint density at radius 3 is 2.72 bits per heavy atom. The molecule has 0 aliphatic heterocycles. The third-order valence-corrected chi connectivity index (χ3v) is 4.38. The molecule has 0 spiro atoms. The summed E-state index contributed by atoms with van der Waals surface area (Å²) in [6, 6.07) is 3.00. The highest BCUT2D eigenvalue weighted by atomic mass is 35.5. The Kier molecular flexibility index (Phi) is 4.73. The van der Waals surface area contributed by atoms with Crippen LogP contribution in [0.5, 0.6) is 0 Å². The molecule has 6 nitrogen and oxygen atoms in total. The number of benzene rings is 1. The largest absolute Gasteiger partial charge is 0.382 e. The van der Waals surface area contributed by atoms with Gasteiger partial charge in [0.05, 0.1) is 17.3 Å². The van der Waals surface area contributed by atoms with Crippen LogP contribution in [-0.4, -0.2) is 29.8 Å². The maximum Gasteiger partial charge on any atom is 0.137 e. The zero-order valence-corrected chi connectivity index (χ0v) is 13.9. The Balaban J connectivity index is 2.13. The van der Waals surface area contributed by atoms with E-state index in [-0.39, 0.29) is 17.1 Å². The molecule has 0 saturated carbocycles. The van der Waals surface area contributed by atoms with Crippen molar-refractivity contribution in [3.05, 3.63) is 71.3 Å². The molecule has 0 amide bonds. The van der Waals surface area contributed by atoms with E-state index in [0.29, 0.717) is 5.69 Å². The summed E-state index contributed by atoms with van der Waals surface area (Å²) in [6.07, 6.45) is 5.36. The summed E-state index contributed by atoms with van der Waals surface area (Å²) in [4.78, 5) is 11.7. The van der Waals surface area contributed by atoms with Crippen LogP contribution in [0.4, 0.5) is 8.78 Å². The minimum absolute atomic E-state index is 0.0911. The van der Waals surface area contributed by atoms with E-state index in [0.717, 1.165) is 12.1 Å². The second-order valence-electron chi connectivity index (χ2n) is 5.62. The molecule has 0 radical (unpaired) electrons. The Bertz CT molecular complexity index is 877. The zero-order chi connectivity index (χ0) is 18.0. The number of rotatable bonds is 5. The van der Waals surface area contributed by atoms with Gasteiger partial charge in [-0.3, -0.25) is 0 Å². The highest BCUT2D eigenvalue weighted by molar-refractivity contribution is 6.31. The Hall–Kier alpha value is -2.45. The van der Waals surface area contributed by atoms with E-state index in [1.165, 1.54) is 35.9 Å². The molecular formula is C16H14ClF2N5O. The minimum atomic E-state index is -1.80. The SMILES string of the molecule is CC(c1ncncc1Cl)C(O)(Cn1cncn1)c1ccc(F)cc1F. The van der Waals surface area contributed by atoms with Gasteiger partial charge in [0.15, 0.2) is 0 Å². The third-order valence-electron chi connectivity index (χ3n) is 4.09. The zero-order valence-electron chi connectivity index (χ0n) is 13.1. The maximum absolute atomic E-state index is 14.4. The molecule has 130 valence electrons. The number of nitrogens with zero attached hydrogens (tertiary/aromatic N) is 5. The van der Waals surface area contributed by atoms with Gasteiger partial charge in [-0.2, -0.15) is 5.10 Å². The van der Waals surface area contributed by atoms with Gasteiger partial charge in [-0.1, -0.05) is 24.6 Å². The Morgan fingerprint density at radius 2 is 2.08 bits per heavy atom. The molecule has 2 aromatic heterocycles. The lowest BCUT2D eigenvalue weighted by atomic mass is 9.80. The third kappa shape index (κ3) is 3.35. The molecule has 0 bridgehead atoms. The first-order chi connectivity index (χ1) is 11.9. The summed E-state index contributed by atoms with van der Waals surface area (Å²) in [6.45, 7) is 1.52. The number of hydrogen-bond donors (Lipinski definition) is 1. The van der Waals surface area contributed by atoms with Gasteiger partial charge in [0.1, 0.15) is 36.2 Å². The van der Waals surface area contributed by atoms with Crippen LogP contribution in [0.2, 0.25) is 5.02 Å². The molecule has 3 rings (SSSR count). The second-order valence-corrected chi connectivity index (χ2v) is 6.03. The minimum Gasteiger partial charge on any atom is -0.382 e. The van der Waals surface area contributed by atoms with Crippen molar-refractivity contribution in [1.82, 2.24) is 24.7 Å². The van der Waals surface area contributed by atoms with Crippen molar-refractivity contribution in [2.45, 2.75) is 25.0 Å². The molecule has 3 aromatic rings. The Morgan fingerprint density at radius 1 is 1.28 bits per heavy atom. The van der Waals surface area contributed by atoms with Gasteiger partial charge in [0, 0.05) is 23.7 Å². The number of aliphatic hydroxyl groups is 1. The molecule has 25 heavy (non-hydrogen) atoms.